The Morgan fingerprint density at radius 3 is 2.30 bits per heavy atom. The van der Waals surface area contributed by atoms with E-state index >= 15 is 0 Å². The van der Waals surface area contributed by atoms with Crippen molar-refractivity contribution in [2.45, 2.75) is 6.04 Å². The lowest BCUT2D eigenvalue weighted by Crippen LogP contribution is -2.37. The number of carbonyl (C=O) groups is 1. The van der Waals surface area contributed by atoms with Crippen LogP contribution in [-0.4, -0.2) is 49.6 Å². The van der Waals surface area contributed by atoms with E-state index in [0.717, 1.165) is 9.87 Å². The molecule has 0 aliphatic heterocycles. The quantitative estimate of drug-likeness (QED) is 0.823. The average molecular weight is 335 g/mol. The summed E-state index contributed by atoms with van der Waals surface area (Å²) < 4.78 is 26.4. The summed E-state index contributed by atoms with van der Waals surface area (Å²) in [5, 5.41) is 2.71. The Kier molecular flexibility index (Phi) is 5.57. The van der Waals surface area contributed by atoms with Gasteiger partial charge in [-0.1, -0.05) is 30.3 Å². The number of aromatic nitrogens is 1. The van der Waals surface area contributed by atoms with Gasteiger partial charge >= 0.3 is 0 Å². The van der Waals surface area contributed by atoms with Crippen LogP contribution in [0.25, 0.3) is 0 Å². The molecule has 2 aromatic rings. The van der Waals surface area contributed by atoms with Gasteiger partial charge in [0.05, 0.1) is 5.75 Å². The van der Waals surface area contributed by atoms with Gasteiger partial charge in [0.25, 0.3) is 0 Å². The number of sulfonamides is 1. The fourth-order valence-electron chi connectivity index (χ4n) is 2.20. The van der Waals surface area contributed by atoms with Crippen LogP contribution in [0.15, 0.2) is 54.9 Å². The van der Waals surface area contributed by atoms with Crippen LogP contribution in [0.3, 0.4) is 0 Å². The molecule has 0 aliphatic rings. The van der Waals surface area contributed by atoms with Gasteiger partial charge in [-0.25, -0.2) is 12.7 Å². The van der Waals surface area contributed by atoms with Crippen LogP contribution < -0.4 is 5.32 Å². The highest BCUT2D eigenvalue weighted by molar-refractivity contribution is 7.89. The van der Waals surface area contributed by atoms with Crippen LogP contribution in [0.1, 0.15) is 11.6 Å². The van der Waals surface area contributed by atoms with E-state index in [-0.39, 0.29) is 18.2 Å². The van der Waals surface area contributed by atoms with Gasteiger partial charge in [-0.2, -0.15) is 0 Å². The topological polar surface area (TPSA) is 71.4 Å². The summed E-state index contributed by atoms with van der Waals surface area (Å²) in [7, 11) is -0.374. The smallest absolute Gasteiger partial charge is 0.247 e. The zero-order valence-electron chi connectivity index (χ0n) is 13.2. The molecule has 1 heterocycles. The van der Waals surface area contributed by atoms with E-state index in [1.54, 1.807) is 4.57 Å². The van der Waals surface area contributed by atoms with Gasteiger partial charge in [0.15, 0.2) is 0 Å². The summed E-state index contributed by atoms with van der Waals surface area (Å²) in [5.74, 6) is -0.361. The Balaban J connectivity index is 2.10. The molecule has 23 heavy (non-hydrogen) atoms. The Bertz CT molecular complexity index is 725. The SMILES string of the molecule is CN(C)S(=O)(=O)CCNC(=O)[C@@H](c1ccccc1)n1cccc1. The van der Waals surface area contributed by atoms with Crippen molar-refractivity contribution in [3.05, 3.63) is 60.4 Å². The van der Waals surface area contributed by atoms with Crippen LogP contribution in [0.4, 0.5) is 0 Å². The summed E-state index contributed by atoms with van der Waals surface area (Å²) in [6.07, 6.45) is 3.63. The molecule has 124 valence electrons. The highest BCUT2D eigenvalue weighted by Crippen LogP contribution is 2.18. The van der Waals surface area contributed by atoms with Crippen molar-refractivity contribution in [2.24, 2.45) is 0 Å². The molecule has 6 nitrogen and oxygen atoms in total. The molecule has 1 atom stereocenters. The van der Waals surface area contributed by atoms with Gasteiger partial charge in [0.2, 0.25) is 15.9 Å². The lowest BCUT2D eigenvalue weighted by Gasteiger charge is -2.19. The summed E-state index contributed by atoms with van der Waals surface area (Å²) in [5.41, 5.74) is 0.844. The normalized spacial score (nSPS) is 13.0. The first kappa shape index (κ1) is 17.2. The van der Waals surface area contributed by atoms with E-state index in [1.165, 1.54) is 14.1 Å². The fraction of sp³-hybridized carbons (Fsp3) is 0.312. The van der Waals surface area contributed by atoms with Crippen molar-refractivity contribution in [2.75, 3.05) is 26.4 Å². The van der Waals surface area contributed by atoms with Gasteiger partial charge in [-0.3, -0.25) is 4.79 Å². The predicted molar refractivity (Wildman–Crippen MR) is 89.5 cm³/mol. The van der Waals surface area contributed by atoms with Gasteiger partial charge in [0, 0.05) is 33.0 Å². The molecule has 0 unspecified atom stereocenters. The van der Waals surface area contributed by atoms with E-state index in [4.69, 9.17) is 0 Å². The standard InChI is InChI=1S/C16H21N3O3S/c1-18(2)23(21,22)13-10-17-16(20)15(19-11-6-7-12-19)14-8-4-3-5-9-14/h3-9,11-12,15H,10,13H2,1-2H3,(H,17,20)/t15-/m1/s1. The number of benzene rings is 1. The number of hydrogen-bond donors (Lipinski definition) is 1. The Labute approximate surface area is 136 Å². The number of rotatable bonds is 7. The van der Waals surface area contributed by atoms with E-state index < -0.39 is 16.1 Å². The van der Waals surface area contributed by atoms with Crippen molar-refractivity contribution < 1.29 is 13.2 Å². The number of hydrogen-bond acceptors (Lipinski definition) is 3. The number of amides is 1. The molecule has 1 aromatic carbocycles. The van der Waals surface area contributed by atoms with Crippen molar-refractivity contribution in [3.63, 3.8) is 0 Å². The summed E-state index contributed by atoms with van der Waals surface area (Å²) in [4.78, 5) is 12.6. The number of carbonyl (C=O) groups excluding carboxylic acids is 1. The van der Waals surface area contributed by atoms with E-state index in [0.29, 0.717) is 0 Å². The maximum atomic E-state index is 12.6. The molecule has 1 amide bonds. The Morgan fingerprint density at radius 2 is 1.74 bits per heavy atom. The first-order chi connectivity index (χ1) is 10.9. The Morgan fingerprint density at radius 1 is 1.13 bits per heavy atom. The lowest BCUT2D eigenvalue weighted by atomic mass is 10.1. The van der Waals surface area contributed by atoms with Gasteiger partial charge in [-0.15, -0.1) is 0 Å². The third-order valence-electron chi connectivity index (χ3n) is 3.50. The second-order valence-corrected chi connectivity index (χ2v) is 7.64. The van der Waals surface area contributed by atoms with Crippen molar-refractivity contribution in [1.82, 2.24) is 14.2 Å². The molecule has 2 rings (SSSR count). The van der Waals surface area contributed by atoms with Crippen LogP contribution in [0, 0.1) is 0 Å². The maximum absolute atomic E-state index is 12.6. The van der Waals surface area contributed by atoms with Crippen LogP contribution >= 0.6 is 0 Å². The molecule has 0 spiro atoms. The molecule has 0 saturated carbocycles. The largest absolute Gasteiger partial charge is 0.353 e. The molecule has 1 aromatic heterocycles. The zero-order valence-corrected chi connectivity index (χ0v) is 14.0. The molecular weight excluding hydrogens is 314 g/mol. The second kappa shape index (κ2) is 7.43. The van der Waals surface area contributed by atoms with E-state index in [1.807, 2.05) is 54.9 Å². The van der Waals surface area contributed by atoms with Crippen molar-refractivity contribution >= 4 is 15.9 Å². The summed E-state index contributed by atoms with van der Waals surface area (Å²) in [6.45, 7) is 0.0734. The minimum absolute atomic E-state index is 0.0734. The monoisotopic (exact) mass is 335 g/mol. The first-order valence-electron chi connectivity index (χ1n) is 7.27. The van der Waals surface area contributed by atoms with Gasteiger partial charge < -0.3 is 9.88 Å². The number of nitrogens with zero attached hydrogens (tertiary/aromatic N) is 2. The average Bonchev–Trinajstić information content (AvgIpc) is 3.02. The molecule has 7 heteroatoms. The highest BCUT2D eigenvalue weighted by atomic mass is 32.2. The molecule has 0 aliphatic carbocycles. The van der Waals surface area contributed by atoms with Crippen molar-refractivity contribution in [3.8, 4) is 0 Å². The third kappa shape index (κ3) is 4.43. The second-order valence-electron chi connectivity index (χ2n) is 5.33. The molecule has 0 fully saturated rings. The van der Waals surface area contributed by atoms with Crippen molar-refractivity contribution in [1.29, 1.82) is 0 Å². The fourth-order valence-corrected chi connectivity index (χ4v) is 2.92. The van der Waals surface area contributed by atoms with Gasteiger partial charge in [-0.05, 0) is 17.7 Å². The highest BCUT2D eigenvalue weighted by Gasteiger charge is 2.22. The molecule has 0 bridgehead atoms. The molecule has 0 saturated heterocycles. The predicted octanol–water partition coefficient (Wildman–Crippen LogP) is 1.09. The third-order valence-corrected chi connectivity index (χ3v) is 5.34. The molecular formula is C16H21N3O3S. The van der Waals surface area contributed by atoms with Gasteiger partial charge in [0.1, 0.15) is 6.04 Å². The number of nitrogens with one attached hydrogen (secondary N) is 1. The van der Waals surface area contributed by atoms with E-state index in [9.17, 15) is 13.2 Å². The maximum Gasteiger partial charge on any atom is 0.247 e. The zero-order chi connectivity index (χ0) is 16.9. The molecule has 1 N–H and O–H groups in total. The van der Waals surface area contributed by atoms with E-state index in [2.05, 4.69) is 5.32 Å². The molecule has 0 radical (unpaired) electrons. The minimum Gasteiger partial charge on any atom is -0.353 e. The summed E-state index contributed by atoms with van der Waals surface area (Å²) in [6, 6.07) is 12.6. The van der Waals surface area contributed by atoms with Crippen LogP contribution in [0.2, 0.25) is 0 Å². The first-order valence-corrected chi connectivity index (χ1v) is 8.88. The lowest BCUT2D eigenvalue weighted by molar-refractivity contribution is -0.123. The Hall–Kier alpha value is -2.12. The summed E-state index contributed by atoms with van der Waals surface area (Å²) >= 11 is 0. The minimum atomic E-state index is -3.33. The van der Waals surface area contributed by atoms with Crippen LogP contribution in [-0.2, 0) is 14.8 Å². The van der Waals surface area contributed by atoms with Crippen LogP contribution in [0.5, 0.6) is 0 Å².